The largest absolute Gasteiger partial charge is 0.383 e. The number of hydrogen-bond donors (Lipinski definition) is 2. The third-order valence-electron chi connectivity index (χ3n) is 2.38. The number of ether oxygens (including phenoxy) is 1. The van der Waals surface area contributed by atoms with Gasteiger partial charge in [-0.05, 0) is 19.1 Å². The smallest absolute Gasteiger partial charge is 0.272 e. The van der Waals surface area contributed by atoms with E-state index in [2.05, 4.69) is 10.4 Å². The molecule has 0 bridgehead atoms. The highest BCUT2D eigenvalue weighted by molar-refractivity contribution is 5.93. The summed E-state index contributed by atoms with van der Waals surface area (Å²) in [4.78, 5) is 17.8. The van der Waals surface area contributed by atoms with Crippen LogP contribution < -0.4 is 11.3 Å². The van der Waals surface area contributed by atoms with Gasteiger partial charge >= 0.3 is 0 Å². The fourth-order valence-electron chi connectivity index (χ4n) is 1.40. The maximum Gasteiger partial charge on any atom is 0.272 e. The Morgan fingerprint density at radius 3 is 3.00 bits per heavy atom. The lowest BCUT2D eigenvalue weighted by Gasteiger charge is -2.20. The topological polar surface area (TPSA) is 80.5 Å². The lowest BCUT2D eigenvalue weighted by Crippen LogP contribution is -2.34. The summed E-state index contributed by atoms with van der Waals surface area (Å²) in [6, 6.07) is 3.32. The molecule has 0 aliphatic heterocycles. The predicted octanol–water partition coefficient (Wildman–Crippen LogP) is 0.476. The van der Waals surface area contributed by atoms with Crippen LogP contribution in [0, 0.1) is 0 Å². The molecular weight excluding hydrogens is 220 g/mol. The standard InChI is InChI=1S/C11H18N4O2/c1-3-15(6-7-17-2)11(16)10-8-9(14-12)4-5-13-10/h4-5,8H,3,6-7,12H2,1-2H3,(H,13,14). The van der Waals surface area contributed by atoms with Crippen molar-refractivity contribution in [2.75, 3.05) is 32.2 Å². The zero-order valence-electron chi connectivity index (χ0n) is 10.1. The van der Waals surface area contributed by atoms with Crippen LogP contribution in [-0.4, -0.2) is 42.6 Å². The number of carbonyl (C=O) groups is 1. The van der Waals surface area contributed by atoms with Crippen LogP contribution in [0.4, 0.5) is 5.69 Å². The summed E-state index contributed by atoms with van der Waals surface area (Å²) in [5.41, 5.74) is 3.52. The minimum absolute atomic E-state index is 0.123. The van der Waals surface area contributed by atoms with Gasteiger partial charge in [-0.3, -0.25) is 15.6 Å². The first-order chi connectivity index (χ1) is 8.22. The maximum atomic E-state index is 12.1. The summed E-state index contributed by atoms with van der Waals surface area (Å²) in [6.07, 6.45) is 1.55. The van der Waals surface area contributed by atoms with Crippen LogP contribution in [-0.2, 0) is 4.74 Å². The molecule has 0 aromatic carbocycles. The molecule has 1 aromatic rings. The van der Waals surface area contributed by atoms with Crippen LogP contribution in [0.2, 0.25) is 0 Å². The van der Waals surface area contributed by atoms with Crippen LogP contribution in [0.25, 0.3) is 0 Å². The molecule has 0 unspecified atom stereocenters. The van der Waals surface area contributed by atoms with Crippen molar-refractivity contribution in [2.45, 2.75) is 6.92 Å². The number of nitrogens with two attached hydrogens (primary N) is 1. The van der Waals surface area contributed by atoms with E-state index in [1.807, 2.05) is 6.92 Å². The number of carbonyl (C=O) groups excluding carboxylic acids is 1. The Balaban J connectivity index is 2.78. The number of nitrogens with zero attached hydrogens (tertiary/aromatic N) is 2. The summed E-state index contributed by atoms with van der Waals surface area (Å²) in [5.74, 6) is 5.16. The second-order valence-electron chi connectivity index (χ2n) is 3.45. The van der Waals surface area contributed by atoms with Gasteiger partial charge in [-0.25, -0.2) is 0 Å². The third kappa shape index (κ3) is 3.69. The SMILES string of the molecule is CCN(CCOC)C(=O)c1cc(NN)ccn1. The van der Waals surface area contributed by atoms with Gasteiger partial charge in [0.15, 0.2) is 0 Å². The number of nitrogens with one attached hydrogen (secondary N) is 1. The third-order valence-corrected chi connectivity index (χ3v) is 2.38. The minimum Gasteiger partial charge on any atom is -0.383 e. The number of anilines is 1. The highest BCUT2D eigenvalue weighted by Gasteiger charge is 2.15. The molecular formula is C11H18N4O2. The van der Waals surface area contributed by atoms with Gasteiger partial charge in [0.1, 0.15) is 5.69 Å². The zero-order valence-corrected chi connectivity index (χ0v) is 10.1. The Labute approximate surface area is 101 Å². The van der Waals surface area contributed by atoms with Crippen LogP contribution in [0.5, 0.6) is 0 Å². The Morgan fingerprint density at radius 2 is 2.41 bits per heavy atom. The van der Waals surface area contributed by atoms with Crippen LogP contribution in [0.3, 0.4) is 0 Å². The van der Waals surface area contributed by atoms with Gasteiger partial charge in [0, 0.05) is 26.4 Å². The Kier molecular flexibility index (Phi) is 5.38. The van der Waals surface area contributed by atoms with E-state index in [0.29, 0.717) is 31.1 Å². The lowest BCUT2D eigenvalue weighted by atomic mass is 10.3. The van der Waals surface area contributed by atoms with Crippen molar-refractivity contribution in [3.05, 3.63) is 24.0 Å². The Hall–Kier alpha value is -1.66. The number of rotatable bonds is 6. The molecule has 0 atom stereocenters. The van der Waals surface area contributed by atoms with Gasteiger partial charge in [-0.15, -0.1) is 0 Å². The highest BCUT2D eigenvalue weighted by Crippen LogP contribution is 2.08. The van der Waals surface area contributed by atoms with Crippen molar-refractivity contribution in [3.8, 4) is 0 Å². The lowest BCUT2D eigenvalue weighted by molar-refractivity contribution is 0.0701. The first-order valence-corrected chi connectivity index (χ1v) is 5.43. The van der Waals surface area contributed by atoms with Gasteiger partial charge in [0.2, 0.25) is 0 Å². The monoisotopic (exact) mass is 238 g/mol. The number of amides is 1. The first-order valence-electron chi connectivity index (χ1n) is 5.43. The van der Waals surface area contributed by atoms with Gasteiger partial charge in [-0.2, -0.15) is 0 Å². The molecule has 0 saturated carbocycles. The molecule has 0 saturated heterocycles. The van der Waals surface area contributed by atoms with Gasteiger partial charge < -0.3 is 15.1 Å². The summed E-state index contributed by atoms with van der Waals surface area (Å²) < 4.78 is 4.96. The van der Waals surface area contributed by atoms with E-state index in [1.54, 1.807) is 30.3 Å². The molecule has 0 radical (unpaired) electrons. The quantitative estimate of drug-likeness (QED) is 0.556. The second-order valence-corrected chi connectivity index (χ2v) is 3.45. The van der Waals surface area contributed by atoms with Crippen molar-refractivity contribution >= 4 is 11.6 Å². The molecule has 6 heteroatoms. The van der Waals surface area contributed by atoms with Gasteiger partial charge in [0.05, 0.1) is 12.3 Å². The Morgan fingerprint density at radius 1 is 1.65 bits per heavy atom. The van der Waals surface area contributed by atoms with Crippen molar-refractivity contribution in [1.82, 2.24) is 9.88 Å². The van der Waals surface area contributed by atoms with E-state index < -0.39 is 0 Å². The van der Waals surface area contributed by atoms with E-state index in [-0.39, 0.29) is 5.91 Å². The van der Waals surface area contributed by atoms with Crippen LogP contribution in [0.1, 0.15) is 17.4 Å². The highest BCUT2D eigenvalue weighted by atomic mass is 16.5. The molecule has 0 fully saturated rings. The molecule has 1 rings (SSSR count). The number of likely N-dealkylation sites (N-methyl/N-ethyl adjacent to an activating group) is 1. The average molecular weight is 238 g/mol. The predicted molar refractivity (Wildman–Crippen MR) is 65.5 cm³/mol. The molecule has 17 heavy (non-hydrogen) atoms. The summed E-state index contributed by atoms with van der Waals surface area (Å²) in [5, 5.41) is 0. The second kappa shape index (κ2) is 6.82. The van der Waals surface area contributed by atoms with Crippen LogP contribution >= 0.6 is 0 Å². The van der Waals surface area contributed by atoms with E-state index >= 15 is 0 Å². The fourth-order valence-corrected chi connectivity index (χ4v) is 1.40. The molecule has 0 aliphatic rings. The van der Waals surface area contributed by atoms with Crippen LogP contribution in [0.15, 0.2) is 18.3 Å². The molecule has 1 heterocycles. The van der Waals surface area contributed by atoms with Crippen molar-refractivity contribution in [3.63, 3.8) is 0 Å². The number of hydrazine groups is 1. The number of pyridine rings is 1. The fraction of sp³-hybridized carbons (Fsp3) is 0.455. The van der Waals surface area contributed by atoms with E-state index in [9.17, 15) is 4.79 Å². The van der Waals surface area contributed by atoms with E-state index in [0.717, 1.165) is 0 Å². The average Bonchev–Trinajstić information content (AvgIpc) is 2.39. The number of methoxy groups -OCH3 is 1. The maximum absolute atomic E-state index is 12.1. The van der Waals surface area contributed by atoms with Gasteiger partial charge in [0.25, 0.3) is 5.91 Å². The van der Waals surface area contributed by atoms with Gasteiger partial charge in [-0.1, -0.05) is 0 Å². The van der Waals surface area contributed by atoms with E-state index in [1.165, 1.54) is 0 Å². The molecule has 1 aromatic heterocycles. The normalized spacial score (nSPS) is 10.1. The van der Waals surface area contributed by atoms with E-state index in [4.69, 9.17) is 10.6 Å². The molecule has 0 aliphatic carbocycles. The summed E-state index contributed by atoms with van der Waals surface area (Å²) >= 11 is 0. The zero-order chi connectivity index (χ0) is 12.7. The number of nitrogen functional groups attached to an aromatic ring is 1. The van der Waals surface area contributed by atoms with Crippen molar-refractivity contribution in [2.24, 2.45) is 5.84 Å². The molecule has 3 N–H and O–H groups in total. The molecule has 1 amide bonds. The molecule has 94 valence electrons. The first kappa shape index (κ1) is 13.4. The summed E-state index contributed by atoms with van der Waals surface area (Å²) in [7, 11) is 1.61. The number of hydrogen-bond acceptors (Lipinski definition) is 5. The summed E-state index contributed by atoms with van der Waals surface area (Å²) in [6.45, 7) is 3.59. The minimum atomic E-state index is -0.123. The molecule has 6 nitrogen and oxygen atoms in total. The Bertz CT molecular complexity index is 370. The van der Waals surface area contributed by atoms with Crippen molar-refractivity contribution < 1.29 is 9.53 Å². The molecule has 0 spiro atoms. The number of aromatic nitrogens is 1. The van der Waals surface area contributed by atoms with Crippen molar-refractivity contribution in [1.29, 1.82) is 0 Å².